The third-order valence-electron chi connectivity index (χ3n) is 6.51. The van der Waals surface area contributed by atoms with E-state index < -0.39 is 11.8 Å². The van der Waals surface area contributed by atoms with Crippen LogP contribution in [0.15, 0.2) is 35.6 Å². The maximum absolute atomic E-state index is 13.1. The van der Waals surface area contributed by atoms with Crippen molar-refractivity contribution in [3.63, 3.8) is 0 Å². The van der Waals surface area contributed by atoms with Gasteiger partial charge < -0.3 is 5.11 Å². The highest BCUT2D eigenvalue weighted by Crippen LogP contribution is 2.44. The maximum atomic E-state index is 13.1. The molecule has 0 aliphatic heterocycles. The van der Waals surface area contributed by atoms with Crippen LogP contribution in [0.2, 0.25) is 5.02 Å². The highest BCUT2D eigenvalue weighted by Gasteiger charge is 2.45. The Hall–Kier alpha value is -1.94. The lowest BCUT2D eigenvalue weighted by Gasteiger charge is -2.35. The van der Waals surface area contributed by atoms with E-state index in [1.54, 1.807) is 24.3 Å². The van der Waals surface area contributed by atoms with Gasteiger partial charge in [0.15, 0.2) is 5.78 Å². The van der Waals surface area contributed by atoms with Gasteiger partial charge >= 0.3 is 0 Å². The number of carbonyl (C=O) groups is 3. The minimum absolute atomic E-state index is 0.0425. The number of Topliss-reactive ketones (excluding diaryl/α,β-unsaturated/α-hetero) is 3. The number of halogens is 1. The first-order valence-corrected chi connectivity index (χ1v) is 11.5. The van der Waals surface area contributed by atoms with E-state index in [1.807, 2.05) is 6.92 Å². The van der Waals surface area contributed by atoms with Crippen molar-refractivity contribution in [1.82, 2.24) is 0 Å². The van der Waals surface area contributed by atoms with Crippen LogP contribution in [0.3, 0.4) is 0 Å². The number of hydrogen-bond acceptors (Lipinski definition) is 4. The lowest BCUT2D eigenvalue weighted by molar-refractivity contribution is -0.138. The lowest BCUT2D eigenvalue weighted by atomic mass is 9.66. The Morgan fingerprint density at radius 2 is 1.43 bits per heavy atom. The van der Waals surface area contributed by atoms with E-state index in [4.69, 9.17) is 11.6 Å². The molecule has 0 radical (unpaired) electrons. The van der Waals surface area contributed by atoms with Gasteiger partial charge in [0.05, 0.1) is 11.7 Å². The molecule has 0 bridgehead atoms. The number of aliphatic hydroxyl groups excluding tert-OH is 1. The zero-order valence-corrected chi connectivity index (χ0v) is 18.6. The lowest BCUT2D eigenvalue weighted by Crippen LogP contribution is -2.40. The number of rotatable bonds is 7. The van der Waals surface area contributed by atoms with Crippen molar-refractivity contribution in [2.75, 3.05) is 0 Å². The average molecular weight is 431 g/mol. The van der Waals surface area contributed by atoms with Crippen LogP contribution >= 0.6 is 11.6 Å². The average Bonchev–Trinajstić information content (AvgIpc) is 2.67. The summed E-state index contributed by atoms with van der Waals surface area (Å²) in [6, 6.07) is 6.92. The predicted molar refractivity (Wildman–Crippen MR) is 118 cm³/mol. The molecule has 1 fully saturated rings. The topological polar surface area (TPSA) is 71.4 Å². The SMILES string of the molecule is CCCC1CC(=O)C([C@@H](C2=C(O)CC(CCC)CC2=O)c2ccc(Cl)cc2)C(=O)C1. The van der Waals surface area contributed by atoms with Gasteiger partial charge in [-0.1, -0.05) is 50.4 Å². The number of hydrogen-bond donors (Lipinski definition) is 1. The third-order valence-corrected chi connectivity index (χ3v) is 6.76. The van der Waals surface area contributed by atoms with Crippen molar-refractivity contribution in [3.05, 3.63) is 46.2 Å². The second kappa shape index (κ2) is 9.91. The summed E-state index contributed by atoms with van der Waals surface area (Å²) in [6.45, 7) is 4.11. The Morgan fingerprint density at radius 1 is 0.900 bits per heavy atom. The zero-order valence-electron chi connectivity index (χ0n) is 17.8. The molecule has 1 N–H and O–H groups in total. The van der Waals surface area contributed by atoms with Gasteiger partial charge in [0.25, 0.3) is 0 Å². The number of carbonyl (C=O) groups excluding carboxylic acids is 3. The minimum Gasteiger partial charge on any atom is -0.512 e. The Morgan fingerprint density at radius 3 is 1.93 bits per heavy atom. The summed E-state index contributed by atoms with van der Waals surface area (Å²) in [7, 11) is 0. The van der Waals surface area contributed by atoms with Crippen LogP contribution < -0.4 is 0 Å². The van der Waals surface area contributed by atoms with Gasteiger partial charge in [0.2, 0.25) is 0 Å². The standard InChI is InChI=1S/C25H31ClO4/c1-3-5-15-11-19(27)24(20(28)12-15)23(17-7-9-18(26)10-8-17)25-21(29)13-16(6-4-2)14-22(25)30/h7-10,15-16,23-24,29H,3-6,11-14H2,1-2H3/t15?,16?,23-,24?/m0/s1. The normalized spacial score (nSPS) is 26.2. The van der Waals surface area contributed by atoms with Crippen molar-refractivity contribution < 1.29 is 19.5 Å². The summed E-state index contributed by atoms with van der Waals surface area (Å²) in [6.07, 6.45) is 5.08. The van der Waals surface area contributed by atoms with Crippen LogP contribution in [0, 0.1) is 17.8 Å². The molecular weight excluding hydrogens is 400 g/mol. The molecule has 1 aromatic rings. The molecule has 3 rings (SSSR count). The van der Waals surface area contributed by atoms with E-state index in [0.717, 1.165) is 25.7 Å². The van der Waals surface area contributed by atoms with Gasteiger partial charge in [-0.05, 0) is 42.4 Å². The molecule has 1 saturated carbocycles. The second-order valence-electron chi connectivity index (χ2n) is 8.85. The van der Waals surface area contributed by atoms with Gasteiger partial charge in [-0.15, -0.1) is 0 Å². The summed E-state index contributed by atoms with van der Waals surface area (Å²) in [4.78, 5) is 39.4. The molecule has 0 spiro atoms. The van der Waals surface area contributed by atoms with Crippen LogP contribution in [0.1, 0.15) is 76.7 Å². The summed E-state index contributed by atoms with van der Waals surface area (Å²) >= 11 is 6.05. The fourth-order valence-corrected chi connectivity index (χ4v) is 5.33. The fourth-order valence-electron chi connectivity index (χ4n) is 5.21. The summed E-state index contributed by atoms with van der Waals surface area (Å²) in [5.74, 6) is -1.79. The number of allylic oxidation sites excluding steroid dienone is 2. The molecule has 2 atom stereocenters. The van der Waals surface area contributed by atoms with Crippen LogP contribution in [-0.2, 0) is 14.4 Å². The van der Waals surface area contributed by atoms with Crippen molar-refractivity contribution in [2.24, 2.45) is 17.8 Å². The molecule has 2 aliphatic carbocycles. The summed E-state index contributed by atoms with van der Waals surface area (Å²) in [5.41, 5.74) is 0.939. The Kier molecular flexibility index (Phi) is 7.51. The molecule has 162 valence electrons. The molecule has 1 aromatic carbocycles. The summed E-state index contributed by atoms with van der Waals surface area (Å²) in [5, 5.41) is 11.4. The van der Waals surface area contributed by atoms with Gasteiger partial charge in [-0.3, -0.25) is 14.4 Å². The number of aliphatic hydroxyl groups is 1. The molecule has 0 saturated heterocycles. The summed E-state index contributed by atoms with van der Waals surface area (Å²) < 4.78 is 0. The molecule has 4 nitrogen and oxygen atoms in total. The van der Waals surface area contributed by atoms with Crippen molar-refractivity contribution in [3.8, 4) is 0 Å². The first-order valence-electron chi connectivity index (χ1n) is 11.1. The first kappa shape index (κ1) is 22.7. The molecular formula is C25H31ClO4. The molecule has 30 heavy (non-hydrogen) atoms. The smallest absolute Gasteiger partial charge is 0.163 e. The Labute approximate surface area is 183 Å². The Bertz CT molecular complexity index is 821. The van der Waals surface area contributed by atoms with Gasteiger partial charge in [0, 0.05) is 42.2 Å². The van der Waals surface area contributed by atoms with Crippen LogP contribution in [0.4, 0.5) is 0 Å². The van der Waals surface area contributed by atoms with Crippen molar-refractivity contribution in [1.29, 1.82) is 0 Å². The van der Waals surface area contributed by atoms with E-state index in [2.05, 4.69) is 6.92 Å². The molecule has 5 heteroatoms. The Balaban J connectivity index is 2.03. The highest BCUT2D eigenvalue weighted by molar-refractivity contribution is 6.30. The van der Waals surface area contributed by atoms with Crippen LogP contribution in [0.25, 0.3) is 0 Å². The largest absolute Gasteiger partial charge is 0.512 e. The van der Waals surface area contributed by atoms with Gasteiger partial charge in [-0.25, -0.2) is 0 Å². The predicted octanol–water partition coefficient (Wildman–Crippen LogP) is 5.98. The van der Waals surface area contributed by atoms with E-state index in [9.17, 15) is 19.5 Å². The van der Waals surface area contributed by atoms with E-state index >= 15 is 0 Å². The van der Waals surface area contributed by atoms with Crippen molar-refractivity contribution in [2.45, 2.75) is 71.1 Å². The minimum atomic E-state index is -0.914. The maximum Gasteiger partial charge on any atom is 0.163 e. The quantitative estimate of drug-likeness (QED) is 0.540. The molecule has 0 aromatic heterocycles. The van der Waals surface area contributed by atoms with Gasteiger partial charge in [-0.2, -0.15) is 0 Å². The monoisotopic (exact) mass is 430 g/mol. The van der Waals surface area contributed by atoms with Crippen molar-refractivity contribution >= 4 is 29.0 Å². The third kappa shape index (κ3) is 4.85. The number of ketones is 3. The highest BCUT2D eigenvalue weighted by atomic mass is 35.5. The number of benzene rings is 1. The van der Waals surface area contributed by atoms with Crippen LogP contribution in [-0.4, -0.2) is 22.5 Å². The van der Waals surface area contributed by atoms with Crippen LogP contribution in [0.5, 0.6) is 0 Å². The molecule has 1 unspecified atom stereocenters. The molecule has 2 aliphatic rings. The molecule has 0 heterocycles. The first-order chi connectivity index (χ1) is 14.3. The van der Waals surface area contributed by atoms with E-state index in [-0.39, 0.29) is 40.5 Å². The zero-order chi connectivity index (χ0) is 21.8. The second-order valence-corrected chi connectivity index (χ2v) is 9.29. The van der Waals surface area contributed by atoms with Gasteiger partial charge in [0.1, 0.15) is 11.6 Å². The van der Waals surface area contributed by atoms with E-state index in [1.165, 1.54) is 0 Å². The fraction of sp³-hybridized carbons (Fsp3) is 0.560. The molecule has 0 amide bonds. The van der Waals surface area contributed by atoms with E-state index in [0.29, 0.717) is 36.3 Å².